The maximum Gasteiger partial charge on any atom is 0.416 e. The highest BCUT2D eigenvalue weighted by atomic mass is 35.5. The zero-order chi connectivity index (χ0) is 27.0. The summed E-state index contributed by atoms with van der Waals surface area (Å²) >= 11 is 12.3. The number of carbonyl (C=O) groups excluding carboxylic acids is 1. The second-order valence-electron chi connectivity index (χ2n) is 9.33. The van der Waals surface area contributed by atoms with Gasteiger partial charge in [0.25, 0.3) is 0 Å². The standard InChI is InChI=1S/C24H27Cl2F3N4O3S/c1-37(35,36)33-10-8-31(9-11-33)23(34)32-14-17(20(15-32)16-2-7-21(25)22(26)12-16)13-30-19-5-3-18(4-6-19)24(27,28)29/h2-7,12,17,20,30H,8-11,13-15H2,1H3/t17?,20-/m1/s1. The average molecular weight is 579 g/mol. The first-order chi connectivity index (χ1) is 17.3. The first kappa shape index (κ1) is 27.8. The number of likely N-dealkylation sites (tertiary alicyclic amines) is 1. The van der Waals surface area contributed by atoms with Crippen LogP contribution in [0.3, 0.4) is 0 Å². The molecule has 1 unspecified atom stereocenters. The van der Waals surface area contributed by atoms with E-state index in [0.717, 1.165) is 24.0 Å². The van der Waals surface area contributed by atoms with Crippen LogP contribution in [0.25, 0.3) is 0 Å². The number of nitrogens with zero attached hydrogens (tertiary/aromatic N) is 3. The summed E-state index contributed by atoms with van der Waals surface area (Å²) in [7, 11) is -3.31. The number of sulfonamides is 1. The van der Waals surface area contributed by atoms with Crippen LogP contribution < -0.4 is 5.32 Å². The van der Waals surface area contributed by atoms with Crippen LogP contribution in [0.5, 0.6) is 0 Å². The normalized spacial score (nSPS) is 21.4. The van der Waals surface area contributed by atoms with Crippen molar-refractivity contribution in [2.24, 2.45) is 5.92 Å². The quantitative estimate of drug-likeness (QED) is 0.551. The Kier molecular flexibility index (Phi) is 8.18. The lowest BCUT2D eigenvalue weighted by Gasteiger charge is -2.35. The van der Waals surface area contributed by atoms with E-state index in [9.17, 15) is 26.4 Å². The summed E-state index contributed by atoms with van der Waals surface area (Å²) < 4.78 is 63.6. The molecular weight excluding hydrogens is 552 g/mol. The second-order valence-corrected chi connectivity index (χ2v) is 12.1. The number of urea groups is 1. The fourth-order valence-corrected chi connectivity index (χ4v) is 5.93. The molecule has 2 aromatic rings. The van der Waals surface area contributed by atoms with E-state index >= 15 is 0 Å². The minimum atomic E-state index is -4.41. The number of halogens is 5. The van der Waals surface area contributed by atoms with Crippen LogP contribution >= 0.6 is 23.2 Å². The summed E-state index contributed by atoms with van der Waals surface area (Å²) in [4.78, 5) is 16.7. The molecule has 37 heavy (non-hydrogen) atoms. The van der Waals surface area contributed by atoms with Crippen LogP contribution in [-0.2, 0) is 16.2 Å². The highest BCUT2D eigenvalue weighted by molar-refractivity contribution is 7.88. The molecule has 2 aliphatic heterocycles. The maximum absolute atomic E-state index is 13.3. The van der Waals surface area contributed by atoms with Gasteiger partial charge in [-0.05, 0) is 42.0 Å². The van der Waals surface area contributed by atoms with Gasteiger partial charge in [-0.15, -0.1) is 0 Å². The number of hydrogen-bond donors (Lipinski definition) is 1. The van der Waals surface area contributed by atoms with E-state index in [2.05, 4.69) is 5.32 Å². The number of nitrogens with one attached hydrogen (secondary N) is 1. The monoisotopic (exact) mass is 578 g/mol. The number of hydrogen-bond acceptors (Lipinski definition) is 4. The fraction of sp³-hybridized carbons (Fsp3) is 0.458. The molecule has 13 heteroatoms. The van der Waals surface area contributed by atoms with Crippen LogP contribution in [0.2, 0.25) is 10.0 Å². The molecule has 202 valence electrons. The summed E-state index contributed by atoms with van der Waals surface area (Å²) in [6.07, 6.45) is -3.25. The molecule has 0 radical (unpaired) electrons. The van der Waals surface area contributed by atoms with E-state index in [-0.39, 0.29) is 31.0 Å². The van der Waals surface area contributed by atoms with Crippen LogP contribution in [0.4, 0.5) is 23.7 Å². The van der Waals surface area contributed by atoms with E-state index in [1.54, 1.807) is 21.9 Å². The topological polar surface area (TPSA) is 73.0 Å². The Morgan fingerprint density at radius 1 is 0.973 bits per heavy atom. The molecule has 4 rings (SSSR count). The Morgan fingerprint density at radius 3 is 2.19 bits per heavy atom. The van der Waals surface area contributed by atoms with E-state index in [0.29, 0.717) is 48.5 Å². The van der Waals surface area contributed by atoms with Gasteiger partial charge in [-0.3, -0.25) is 0 Å². The lowest BCUT2D eigenvalue weighted by atomic mass is 9.89. The van der Waals surface area contributed by atoms with E-state index in [4.69, 9.17) is 23.2 Å². The van der Waals surface area contributed by atoms with Crippen molar-refractivity contribution in [3.05, 3.63) is 63.6 Å². The van der Waals surface area contributed by atoms with Gasteiger partial charge in [0.05, 0.1) is 21.9 Å². The third kappa shape index (κ3) is 6.63. The maximum atomic E-state index is 13.3. The first-order valence-corrected chi connectivity index (χ1v) is 14.3. The van der Waals surface area contributed by atoms with E-state index in [1.165, 1.54) is 16.4 Å². The van der Waals surface area contributed by atoms with Crippen LogP contribution in [0.15, 0.2) is 42.5 Å². The van der Waals surface area contributed by atoms with Gasteiger partial charge in [0.15, 0.2) is 0 Å². The first-order valence-electron chi connectivity index (χ1n) is 11.7. The van der Waals surface area contributed by atoms with Crippen molar-refractivity contribution in [2.45, 2.75) is 12.1 Å². The lowest BCUT2D eigenvalue weighted by molar-refractivity contribution is -0.137. The van der Waals surface area contributed by atoms with Crippen LogP contribution in [0, 0.1) is 5.92 Å². The molecule has 2 saturated heterocycles. The van der Waals surface area contributed by atoms with Gasteiger partial charge in [0.2, 0.25) is 10.0 Å². The molecule has 2 atom stereocenters. The molecule has 2 aliphatic rings. The molecular formula is C24H27Cl2F3N4O3S. The second kappa shape index (κ2) is 10.9. The molecule has 0 saturated carbocycles. The van der Waals surface area contributed by atoms with Crippen molar-refractivity contribution in [2.75, 3.05) is 57.4 Å². The minimum Gasteiger partial charge on any atom is -0.385 e. The summed E-state index contributed by atoms with van der Waals surface area (Å²) in [5.74, 6) is -0.140. The number of piperazine rings is 1. The molecule has 2 amide bonds. The number of rotatable bonds is 5. The fourth-order valence-electron chi connectivity index (χ4n) is 4.79. The van der Waals surface area contributed by atoms with Crippen LogP contribution in [0.1, 0.15) is 17.0 Å². The summed E-state index contributed by atoms with van der Waals surface area (Å²) in [6, 6.07) is 10.00. The Morgan fingerprint density at radius 2 is 1.62 bits per heavy atom. The molecule has 2 heterocycles. The molecule has 0 bridgehead atoms. The number of benzene rings is 2. The predicted molar refractivity (Wildman–Crippen MR) is 138 cm³/mol. The molecule has 0 aliphatic carbocycles. The summed E-state index contributed by atoms with van der Waals surface area (Å²) in [5.41, 5.74) is 0.730. The molecule has 1 N–H and O–H groups in total. The smallest absolute Gasteiger partial charge is 0.385 e. The number of anilines is 1. The number of alkyl halides is 3. The van der Waals surface area contributed by atoms with Gasteiger partial charge < -0.3 is 15.1 Å². The third-order valence-corrected chi connectivity index (χ3v) is 8.88. The van der Waals surface area contributed by atoms with E-state index < -0.39 is 21.8 Å². The van der Waals surface area contributed by atoms with Crippen molar-refractivity contribution in [3.8, 4) is 0 Å². The van der Waals surface area contributed by atoms with E-state index in [1.807, 2.05) is 6.07 Å². The van der Waals surface area contributed by atoms with Gasteiger partial charge in [-0.25, -0.2) is 13.2 Å². The van der Waals surface area contributed by atoms with Crippen molar-refractivity contribution < 1.29 is 26.4 Å². The molecule has 7 nitrogen and oxygen atoms in total. The molecule has 0 aromatic heterocycles. The van der Waals surface area contributed by atoms with Gasteiger partial charge in [-0.1, -0.05) is 29.3 Å². The molecule has 2 aromatic carbocycles. The van der Waals surface area contributed by atoms with Gasteiger partial charge in [0.1, 0.15) is 0 Å². The van der Waals surface area contributed by atoms with Gasteiger partial charge >= 0.3 is 12.2 Å². The highest BCUT2D eigenvalue weighted by Crippen LogP contribution is 2.37. The molecule has 0 spiro atoms. The van der Waals surface area contributed by atoms with Crippen molar-refractivity contribution in [1.82, 2.24) is 14.1 Å². The Balaban J connectivity index is 1.47. The van der Waals surface area contributed by atoms with Crippen LogP contribution in [-0.4, -0.2) is 80.6 Å². The Bertz CT molecular complexity index is 1240. The van der Waals surface area contributed by atoms with Gasteiger partial charge in [0, 0.05) is 63.3 Å². The number of carbonyl (C=O) groups is 1. The van der Waals surface area contributed by atoms with Crippen molar-refractivity contribution in [3.63, 3.8) is 0 Å². The largest absolute Gasteiger partial charge is 0.416 e. The SMILES string of the molecule is CS(=O)(=O)N1CCN(C(=O)N2CC(CNc3ccc(C(F)(F)F)cc3)[C@@H](c3ccc(Cl)c(Cl)c3)C2)CC1. The zero-order valence-corrected chi connectivity index (χ0v) is 22.3. The predicted octanol–water partition coefficient (Wildman–Crippen LogP) is 4.84. The summed E-state index contributed by atoms with van der Waals surface area (Å²) in [6.45, 7) is 2.34. The minimum absolute atomic E-state index is 0.0548. The average Bonchev–Trinajstić information content (AvgIpc) is 3.27. The molecule has 2 fully saturated rings. The number of amides is 2. The zero-order valence-electron chi connectivity index (χ0n) is 20.0. The summed E-state index contributed by atoms with van der Waals surface area (Å²) in [5, 5.41) is 4.02. The van der Waals surface area contributed by atoms with Gasteiger partial charge in [-0.2, -0.15) is 17.5 Å². The Hall–Kier alpha value is -2.21. The Labute approximate surface area is 224 Å². The highest BCUT2D eigenvalue weighted by Gasteiger charge is 2.39. The van der Waals surface area contributed by atoms with Crippen molar-refractivity contribution in [1.29, 1.82) is 0 Å². The lowest BCUT2D eigenvalue weighted by Crippen LogP contribution is -2.53. The third-order valence-electron chi connectivity index (χ3n) is 6.84. The van der Waals surface area contributed by atoms with Crippen molar-refractivity contribution >= 4 is 44.9 Å².